The number of carbonyl (C=O) groups excluding carboxylic acids is 1. The first-order valence-corrected chi connectivity index (χ1v) is 9.87. The lowest BCUT2D eigenvalue weighted by molar-refractivity contribution is -0.122. The molecule has 6 heteroatoms. The van der Waals surface area contributed by atoms with Crippen LogP contribution < -0.4 is 21.0 Å². The Morgan fingerprint density at radius 2 is 1.87 bits per heavy atom. The van der Waals surface area contributed by atoms with Gasteiger partial charge in [0.1, 0.15) is 11.8 Å². The van der Waals surface area contributed by atoms with Crippen molar-refractivity contribution >= 4 is 29.0 Å². The lowest BCUT2D eigenvalue weighted by atomic mass is 9.96. The van der Waals surface area contributed by atoms with Crippen molar-refractivity contribution in [3.8, 4) is 5.75 Å². The zero-order valence-corrected chi connectivity index (χ0v) is 16.7. The zero-order chi connectivity index (χ0) is 20.8. The summed E-state index contributed by atoms with van der Waals surface area (Å²) < 4.78 is 5.30. The van der Waals surface area contributed by atoms with E-state index in [9.17, 15) is 4.79 Å². The maximum Gasteiger partial charge on any atom is 0.258 e. The Morgan fingerprint density at radius 1 is 1.07 bits per heavy atom. The van der Waals surface area contributed by atoms with Gasteiger partial charge in [0.25, 0.3) is 5.91 Å². The Bertz CT molecular complexity index is 1090. The second-order valence-corrected chi connectivity index (χ2v) is 7.05. The Labute approximate surface area is 175 Å². The first-order chi connectivity index (χ1) is 14.8. The van der Waals surface area contributed by atoms with Crippen molar-refractivity contribution in [1.29, 1.82) is 0 Å². The van der Waals surface area contributed by atoms with E-state index in [1.54, 1.807) is 19.4 Å². The third-order valence-electron chi connectivity index (χ3n) is 5.17. The summed E-state index contributed by atoms with van der Waals surface area (Å²) in [4.78, 5) is 12.4. The first-order valence-electron chi connectivity index (χ1n) is 9.87. The first kappa shape index (κ1) is 19.8. The summed E-state index contributed by atoms with van der Waals surface area (Å²) in [5, 5.41) is 6.40. The van der Waals surface area contributed by atoms with Gasteiger partial charge in [0.15, 0.2) is 0 Å². The van der Waals surface area contributed by atoms with E-state index in [2.05, 4.69) is 45.6 Å². The molecule has 30 heavy (non-hydrogen) atoms. The molecule has 4 rings (SSSR count). The molecule has 152 valence electrons. The Hall–Kier alpha value is -3.48. The van der Waals surface area contributed by atoms with Crippen molar-refractivity contribution < 1.29 is 9.53 Å². The van der Waals surface area contributed by atoms with Gasteiger partial charge in [-0.15, -0.1) is 0 Å². The molecule has 2 unspecified atom stereocenters. The third-order valence-corrected chi connectivity index (χ3v) is 5.17. The van der Waals surface area contributed by atoms with Crippen LogP contribution in [0.4, 0.5) is 0 Å². The second kappa shape index (κ2) is 9.35. The number of fused-ring (bicyclic) bond motifs is 1. The van der Waals surface area contributed by atoms with Gasteiger partial charge >= 0.3 is 0 Å². The van der Waals surface area contributed by atoms with E-state index in [4.69, 9.17) is 4.74 Å². The summed E-state index contributed by atoms with van der Waals surface area (Å²) in [6.07, 6.45) is 5.83. The molecule has 0 aliphatic carbocycles. The van der Waals surface area contributed by atoms with Gasteiger partial charge in [0.2, 0.25) is 0 Å². The van der Waals surface area contributed by atoms with Crippen molar-refractivity contribution in [2.75, 3.05) is 7.11 Å². The number of hydrogen-bond donors (Lipinski definition) is 3. The minimum atomic E-state index is -0.357. The van der Waals surface area contributed by atoms with Gasteiger partial charge < -0.3 is 4.74 Å². The molecule has 1 aliphatic rings. The molecule has 1 heterocycles. The van der Waals surface area contributed by atoms with Gasteiger partial charge in [-0.1, -0.05) is 60.7 Å². The molecular weight excluding hydrogens is 376 g/mol. The fourth-order valence-electron chi connectivity index (χ4n) is 3.66. The molecule has 0 spiro atoms. The van der Waals surface area contributed by atoms with E-state index in [1.807, 2.05) is 48.5 Å². The average Bonchev–Trinajstić information content (AvgIpc) is 3.29. The molecule has 0 aromatic heterocycles. The highest BCUT2D eigenvalue weighted by Crippen LogP contribution is 2.29. The largest absolute Gasteiger partial charge is 0.496 e. The van der Waals surface area contributed by atoms with E-state index in [1.165, 1.54) is 16.3 Å². The molecular formula is C24H24N4O2. The van der Waals surface area contributed by atoms with Crippen LogP contribution in [0.15, 0.2) is 77.9 Å². The molecule has 0 saturated carbocycles. The van der Waals surface area contributed by atoms with Gasteiger partial charge in [-0.2, -0.15) is 5.10 Å². The number of hydrogen-bond acceptors (Lipinski definition) is 5. The predicted molar refractivity (Wildman–Crippen MR) is 120 cm³/mol. The summed E-state index contributed by atoms with van der Waals surface area (Å²) in [5.74, 6) is 0.610. The summed E-state index contributed by atoms with van der Waals surface area (Å²) in [6.45, 7) is 0. The molecule has 0 bridgehead atoms. The minimum absolute atomic E-state index is 0.0567. The molecule has 1 fully saturated rings. The van der Waals surface area contributed by atoms with Crippen LogP contribution in [0.3, 0.4) is 0 Å². The van der Waals surface area contributed by atoms with Gasteiger partial charge in [-0.25, -0.2) is 16.3 Å². The van der Waals surface area contributed by atoms with Crippen LogP contribution in [0.1, 0.15) is 23.6 Å². The van der Waals surface area contributed by atoms with Gasteiger partial charge in [-0.05, 0) is 41.0 Å². The monoisotopic (exact) mass is 400 g/mol. The zero-order valence-electron chi connectivity index (χ0n) is 16.7. The highest BCUT2D eigenvalue weighted by atomic mass is 16.5. The molecule has 6 nitrogen and oxygen atoms in total. The Balaban J connectivity index is 1.34. The summed E-state index contributed by atoms with van der Waals surface area (Å²) in [5.41, 5.74) is 11.0. The van der Waals surface area contributed by atoms with Gasteiger partial charge in [0, 0.05) is 17.8 Å². The van der Waals surface area contributed by atoms with E-state index < -0.39 is 0 Å². The van der Waals surface area contributed by atoms with Crippen molar-refractivity contribution in [3.05, 3.63) is 83.9 Å². The van der Waals surface area contributed by atoms with Crippen LogP contribution in [0.2, 0.25) is 0 Å². The number of hydrazine groups is 1. The van der Waals surface area contributed by atoms with Crippen LogP contribution in [-0.4, -0.2) is 25.3 Å². The maximum absolute atomic E-state index is 12.4. The van der Waals surface area contributed by atoms with Crippen LogP contribution in [-0.2, 0) is 4.79 Å². The number of amides is 1. The Kier molecular flexibility index (Phi) is 6.17. The number of benzene rings is 3. The van der Waals surface area contributed by atoms with E-state index in [0.717, 1.165) is 11.3 Å². The third kappa shape index (κ3) is 4.40. The highest BCUT2D eigenvalue weighted by Gasteiger charge is 2.30. The standard InChI is InChI=1S/C24H24N4O2/c1-30-23-14-5-3-9-18(23)11-7-15-25-28-24(29)22-16-21(26-27-22)20-13-6-10-17-8-2-4-12-19(17)20/h2-15,21-22,26-27H,16H2,1H3,(H,28,29)/b11-7-,25-15+. The molecule has 1 amide bonds. The fourth-order valence-corrected chi connectivity index (χ4v) is 3.66. The molecule has 3 aromatic rings. The van der Waals surface area contributed by atoms with Gasteiger partial charge in [0.05, 0.1) is 7.11 Å². The lowest BCUT2D eigenvalue weighted by Crippen LogP contribution is -2.41. The number of methoxy groups -OCH3 is 1. The molecule has 3 aromatic carbocycles. The maximum atomic E-state index is 12.4. The van der Waals surface area contributed by atoms with E-state index in [-0.39, 0.29) is 18.0 Å². The van der Waals surface area contributed by atoms with E-state index >= 15 is 0 Å². The van der Waals surface area contributed by atoms with Crippen LogP contribution in [0, 0.1) is 0 Å². The fraction of sp³-hybridized carbons (Fsp3) is 0.167. The van der Waals surface area contributed by atoms with E-state index in [0.29, 0.717) is 6.42 Å². The van der Waals surface area contributed by atoms with Crippen molar-refractivity contribution in [1.82, 2.24) is 16.3 Å². The topological polar surface area (TPSA) is 74.8 Å². The number of rotatable bonds is 6. The van der Waals surface area contributed by atoms with Crippen LogP contribution >= 0.6 is 0 Å². The van der Waals surface area contributed by atoms with Crippen molar-refractivity contribution in [3.63, 3.8) is 0 Å². The SMILES string of the molecule is COc1ccccc1/C=C\C=N\NC(=O)C1CC(c2cccc3ccccc23)NN1. The number of nitrogens with zero attached hydrogens (tertiary/aromatic N) is 1. The number of allylic oxidation sites excluding steroid dienone is 1. The number of hydrazone groups is 1. The van der Waals surface area contributed by atoms with Crippen molar-refractivity contribution in [2.45, 2.75) is 18.5 Å². The molecule has 2 atom stereocenters. The number of ether oxygens (including phenoxy) is 1. The summed E-state index contributed by atoms with van der Waals surface area (Å²) in [7, 11) is 1.63. The smallest absolute Gasteiger partial charge is 0.258 e. The molecule has 3 N–H and O–H groups in total. The molecule has 0 radical (unpaired) electrons. The average molecular weight is 400 g/mol. The highest BCUT2D eigenvalue weighted by molar-refractivity contribution is 5.87. The number of para-hydroxylation sites is 1. The second-order valence-electron chi connectivity index (χ2n) is 7.05. The Morgan fingerprint density at radius 3 is 2.77 bits per heavy atom. The van der Waals surface area contributed by atoms with Crippen LogP contribution in [0.25, 0.3) is 16.8 Å². The lowest BCUT2D eigenvalue weighted by Gasteiger charge is -2.13. The van der Waals surface area contributed by atoms with Crippen molar-refractivity contribution in [2.24, 2.45) is 5.10 Å². The summed E-state index contributed by atoms with van der Waals surface area (Å²) in [6, 6.07) is 21.9. The normalized spacial score (nSPS) is 19.0. The minimum Gasteiger partial charge on any atom is -0.496 e. The van der Waals surface area contributed by atoms with Crippen LogP contribution in [0.5, 0.6) is 5.75 Å². The number of nitrogens with one attached hydrogen (secondary N) is 3. The molecule has 1 aliphatic heterocycles. The summed E-state index contributed by atoms with van der Waals surface area (Å²) >= 11 is 0. The molecule has 1 saturated heterocycles. The quantitative estimate of drug-likeness (QED) is 0.437. The van der Waals surface area contributed by atoms with Gasteiger partial charge in [-0.3, -0.25) is 4.79 Å². The number of carbonyl (C=O) groups is 1. The predicted octanol–water partition coefficient (Wildman–Crippen LogP) is 3.57.